The van der Waals surface area contributed by atoms with Crippen LogP contribution in [0.25, 0.3) is 0 Å². The van der Waals surface area contributed by atoms with Crippen molar-refractivity contribution in [1.29, 1.82) is 0 Å². The van der Waals surface area contributed by atoms with Gasteiger partial charge in [-0.1, -0.05) is 0 Å². The summed E-state index contributed by atoms with van der Waals surface area (Å²) < 4.78 is 15.3. The van der Waals surface area contributed by atoms with Crippen LogP contribution in [-0.2, 0) is 13.1 Å². The summed E-state index contributed by atoms with van der Waals surface area (Å²) in [6.45, 7) is 3.10. The second-order valence-corrected chi connectivity index (χ2v) is 3.89. The molecule has 0 aliphatic carbocycles. The van der Waals surface area contributed by atoms with Crippen LogP contribution < -0.4 is 5.32 Å². The summed E-state index contributed by atoms with van der Waals surface area (Å²) in [5.41, 5.74) is 0.149. The number of hydrogen-bond donors (Lipinski definition) is 2. The van der Waals surface area contributed by atoms with Gasteiger partial charge in [-0.05, 0) is 25.1 Å². The molecule has 1 heterocycles. The largest absolute Gasteiger partial charge is 0.478 e. The number of nitrogens with zero attached hydrogens (tertiary/aromatic N) is 3. The van der Waals surface area contributed by atoms with Gasteiger partial charge in [0.2, 0.25) is 0 Å². The summed E-state index contributed by atoms with van der Waals surface area (Å²) in [6, 6.07) is 3.89. The van der Waals surface area contributed by atoms with E-state index >= 15 is 0 Å². The first-order chi connectivity index (χ1) is 9.11. The Morgan fingerprint density at radius 1 is 1.53 bits per heavy atom. The smallest absolute Gasteiger partial charge is 0.338 e. The van der Waals surface area contributed by atoms with Gasteiger partial charge in [0.15, 0.2) is 5.82 Å². The van der Waals surface area contributed by atoms with Gasteiger partial charge in [0.05, 0.1) is 12.1 Å². The molecule has 0 aliphatic heterocycles. The normalized spacial score (nSPS) is 10.4. The topological polar surface area (TPSA) is 80.0 Å². The van der Waals surface area contributed by atoms with Crippen LogP contribution in [0.3, 0.4) is 0 Å². The average Bonchev–Trinajstić information content (AvgIpc) is 2.83. The number of hydrogen-bond acceptors (Lipinski definition) is 4. The molecule has 6 nitrogen and oxygen atoms in total. The maximum absolute atomic E-state index is 13.5. The number of carbonyl (C=O) groups is 1. The van der Waals surface area contributed by atoms with Crippen LogP contribution in [0, 0.1) is 5.82 Å². The van der Waals surface area contributed by atoms with Gasteiger partial charge in [0.1, 0.15) is 12.1 Å². The van der Waals surface area contributed by atoms with E-state index in [0.717, 1.165) is 18.4 Å². The van der Waals surface area contributed by atoms with Gasteiger partial charge in [-0.3, -0.25) is 0 Å². The first-order valence-electron chi connectivity index (χ1n) is 5.75. The average molecular weight is 264 g/mol. The number of anilines is 1. The van der Waals surface area contributed by atoms with E-state index in [1.165, 1.54) is 12.1 Å². The molecule has 2 aromatic rings. The summed E-state index contributed by atoms with van der Waals surface area (Å²) in [7, 11) is 0. The maximum Gasteiger partial charge on any atom is 0.338 e. The van der Waals surface area contributed by atoms with E-state index in [2.05, 4.69) is 15.5 Å². The molecule has 0 unspecified atom stereocenters. The highest BCUT2D eigenvalue weighted by Crippen LogP contribution is 2.15. The van der Waals surface area contributed by atoms with Gasteiger partial charge in [0.25, 0.3) is 0 Å². The summed E-state index contributed by atoms with van der Waals surface area (Å²) >= 11 is 0. The van der Waals surface area contributed by atoms with Crippen LogP contribution in [0.5, 0.6) is 0 Å². The second-order valence-electron chi connectivity index (χ2n) is 3.89. The van der Waals surface area contributed by atoms with Crippen molar-refractivity contribution >= 4 is 11.7 Å². The van der Waals surface area contributed by atoms with Crippen LogP contribution >= 0.6 is 0 Å². The Morgan fingerprint density at radius 2 is 2.32 bits per heavy atom. The Hall–Kier alpha value is -2.44. The first kappa shape index (κ1) is 13.0. The summed E-state index contributed by atoms with van der Waals surface area (Å²) in [5, 5.41) is 19.4. The minimum atomic E-state index is -1.28. The molecule has 0 amide bonds. The van der Waals surface area contributed by atoms with Crippen molar-refractivity contribution in [2.24, 2.45) is 0 Å². The van der Waals surface area contributed by atoms with Crippen LogP contribution in [0.2, 0.25) is 0 Å². The Morgan fingerprint density at radius 3 is 2.95 bits per heavy atom. The van der Waals surface area contributed by atoms with Crippen molar-refractivity contribution in [3.05, 3.63) is 41.7 Å². The minimum Gasteiger partial charge on any atom is -0.478 e. The third-order valence-electron chi connectivity index (χ3n) is 2.69. The van der Waals surface area contributed by atoms with E-state index in [1.54, 1.807) is 6.33 Å². The van der Waals surface area contributed by atoms with E-state index in [1.807, 2.05) is 11.5 Å². The zero-order valence-electron chi connectivity index (χ0n) is 10.3. The Labute approximate surface area is 108 Å². The van der Waals surface area contributed by atoms with Gasteiger partial charge in [-0.15, -0.1) is 10.2 Å². The number of aryl methyl sites for hydroxylation is 1. The zero-order chi connectivity index (χ0) is 13.8. The Balaban J connectivity index is 2.08. The monoisotopic (exact) mass is 264 g/mol. The highest BCUT2D eigenvalue weighted by atomic mass is 19.1. The highest BCUT2D eigenvalue weighted by Gasteiger charge is 2.10. The van der Waals surface area contributed by atoms with Crippen molar-refractivity contribution < 1.29 is 14.3 Å². The number of aromatic carboxylic acids is 1. The third-order valence-corrected chi connectivity index (χ3v) is 2.69. The number of benzene rings is 1. The second kappa shape index (κ2) is 5.47. The molecule has 0 bridgehead atoms. The van der Waals surface area contributed by atoms with Crippen molar-refractivity contribution in [2.45, 2.75) is 20.0 Å². The van der Waals surface area contributed by atoms with Crippen molar-refractivity contribution in [2.75, 3.05) is 5.32 Å². The van der Waals surface area contributed by atoms with E-state index in [4.69, 9.17) is 5.11 Å². The highest BCUT2D eigenvalue weighted by molar-refractivity contribution is 5.88. The SMILES string of the molecule is CCn1cnnc1CNc1ccc(C(=O)O)c(F)c1. The molecule has 0 aliphatic rings. The van der Waals surface area contributed by atoms with E-state index in [9.17, 15) is 9.18 Å². The maximum atomic E-state index is 13.5. The number of aromatic nitrogens is 3. The van der Waals surface area contributed by atoms with Crippen molar-refractivity contribution in [1.82, 2.24) is 14.8 Å². The number of carboxylic acids is 1. The number of nitrogens with one attached hydrogen (secondary N) is 1. The Bertz CT molecular complexity index is 597. The van der Waals surface area contributed by atoms with E-state index < -0.39 is 11.8 Å². The molecule has 100 valence electrons. The molecule has 2 rings (SSSR count). The molecule has 0 saturated carbocycles. The van der Waals surface area contributed by atoms with Crippen LogP contribution in [0.1, 0.15) is 23.1 Å². The fourth-order valence-corrected chi connectivity index (χ4v) is 1.66. The minimum absolute atomic E-state index is 0.345. The molecule has 0 spiro atoms. The molecule has 0 atom stereocenters. The lowest BCUT2D eigenvalue weighted by Crippen LogP contribution is -2.08. The van der Waals surface area contributed by atoms with Gasteiger partial charge in [0, 0.05) is 12.2 Å². The summed E-state index contributed by atoms with van der Waals surface area (Å²) in [6.07, 6.45) is 1.62. The fraction of sp³-hybridized carbons (Fsp3) is 0.250. The molecular formula is C12H13FN4O2. The van der Waals surface area contributed by atoms with Gasteiger partial charge < -0.3 is 15.0 Å². The summed E-state index contributed by atoms with van der Waals surface area (Å²) in [4.78, 5) is 10.7. The Kier molecular flexibility index (Phi) is 3.74. The van der Waals surface area contributed by atoms with Crippen LogP contribution in [0.15, 0.2) is 24.5 Å². The number of rotatable bonds is 5. The lowest BCUT2D eigenvalue weighted by Gasteiger charge is -2.07. The van der Waals surface area contributed by atoms with E-state index in [0.29, 0.717) is 12.2 Å². The van der Waals surface area contributed by atoms with Crippen LogP contribution in [0.4, 0.5) is 10.1 Å². The molecule has 2 N–H and O–H groups in total. The van der Waals surface area contributed by atoms with Gasteiger partial charge >= 0.3 is 5.97 Å². The van der Waals surface area contributed by atoms with Crippen LogP contribution in [-0.4, -0.2) is 25.8 Å². The molecule has 0 saturated heterocycles. The van der Waals surface area contributed by atoms with Crippen molar-refractivity contribution in [3.63, 3.8) is 0 Å². The predicted molar refractivity (Wildman–Crippen MR) is 66.4 cm³/mol. The first-order valence-corrected chi connectivity index (χ1v) is 5.75. The van der Waals surface area contributed by atoms with E-state index in [-0.39, 0.29) is 5.56 Å². The molecule has 7 heteroatoms. The molecular weight excluding hydrogens is 251 g/mol. The summed E-state index contributed by atoms with van der Waals surface area (Å²) in [5.74, 6) is -1.32. The number of halogens is 1. The number of carboxylic acid groups (broad SMARTS) is 1. The molecule has 19 heavy (non-hydrogen) atoms. The standard InChI is InChI=1S/C12H13FN4O2/c1-2-17-7-15-16-11(17)6-14-8-3-4-9(12(18)19)10(13)5-8/h3-5,7,14H,2,6H2,1H3,(H,18,19). The quantitative estimate of drug-likeness (QED) is 0.860. The van der Waals surface area contributed by atoms with Gasteiger partial charge in [-0.25, -0.2) is 9.18 Å². The molecule has 1 aromatic carbocycles. The lowest BCUT2D eigenvalue weighted by molar-refractivity contribution is 0.0692. The lowest BCUT2D eigenvalue weighted by atomic mass is 10.2. The molecule has 1 aromatic heterocycles. The molecule has 0 fully saturated rings. The molecule has 0 radical (unpaired) electrons. The fourth-order valence-electron chi connectivity index (χ4n) is 1.66. The third kappa shape index (κ3) is 2.87. The predicted octanol–water partition coefficient (Wildman–Crippen LogP) is 1.75. The van der Waals surface area contributed by atoms with Crippen molar-refractivity contribution in [3.8, 4) is 0 Å². The van der Waals surface area contributed by atoms with Gasteiger partial charge in [-0.2, -0.15) is 0 Å². The zero-order valence-corrected chi connectivity index (χ0v) is 10.3.